The summed E-state index contributed by atoms with van der Waals surface area (Å²) < 4.78 is 7.68. The fraction of sp³-hybridized carbons (Fsp3) is 0.619. The quantitative estimate of drug-likeness (QED) is 0.810. The van der Waals surface area contributed by atoms with Gasteiger partial charge in [-0.1, -0.05) is 29.8 Å². The predicted molar refractivity (Wildman–Crippen MR) is 106 cm³/mol. The molecule has 0 spiro atoms. The minimum atomic E-state index is 0.472. The predicted octanol–water partition coefficient (Wildman–Crippen LogP) is 2.34. The number of likely N-dealkylation sites (tertiary alicyclic amines) is 1. The van der Waals surface area contributed by atoms with Crippen molar-refractivity contribution < 1.29 is 4.74 Å². The number of hydrogen-bond donors (Lipinski definition) is 0. The number of aromatic nitrogens is 3. The van der Waals surface area contributed by atoms with Crippen molar-refractivity contribution in [2.75, 3.05) is 39.4 Å². The molecule has 4 rings (SSSR count). The van der Waals surface area contributed by atoms with Crippen LogP contribution in [0.4, 0.5) is 0 Å². The van der Waals surface area contributed by atoms with Crippen LogP contribution in [0.2, 0.25) is 0 Å². The molecule has 1 atom stereocenters. The molecule has 2 aliphatic heterocycles. The largest absolute Gasteiger partial charge is 0.379 e. The third-order valence-corrected chi connectivity index (χ3v) is 5.83. The van der Waals surface area contributed by atoms with Gasteiger partial charge in [-0.3, -0.25) is 9.80 Å². The summed E-state index contributed by atoms with van der Waals surface area (Å²) >= 11 is 0. The van der Waals surface area contributed by atoms with Crippen LogP contribution in [-0.4, -0.2) is 64.0 Å². The van der Waals surface area contributed by atoms with E-state index in [2.05, 4.69) is 62.8 Å². The van der Waals surface area contributed by atoms with E-state index in [0.29, 0.717) is 5.92 Å². The zero-order chi connectivity index (χ0) is 18.6. The van der Waals surface area contributed by atoms with Gasteiger partial charge in [-0.15, -0.1) is 10.2 Å². The van der Waals surface area contributed by atoms with Crippen LogP contribution in [0.5, 0.6) is 0 Å². The van der Waals surface area contributed by atoms with Crippen LogP contribution in [0.25, 0.3) is 0 Å². The zero-order valence-corrected chi connectivity index (χ0v) is 16.6. The first-order valence-electron chi connectivity index (χ1n) is 10.2. The lowest BCUT2D eigenvalue weighted by molar-refractivity contribution is 0.0326. The summed E-state index contributed by atoms with van der Waals surface area (Å²) in [4.78, 5) is 4.97. The molecule has 2 aliphatic rings. The van der Waals surface area contributed by atoms with Crippen LogP contribution in [0.15, 0.2) is 24.3 Å². The number of hydrogen-bond acceptors (Lipinski definition) is 5. The third-order valence-electron chi connectivity index (χ3n) is 5.83. The van der Waals surface area contributed by atoms with Crippen molar-refractivity contribution in [3.63, 3.8) is 0 Å². The molecule has 6 nitrogen and oxygen atoms in total. The smallest absolute Gasteiger partial charge is 0.146 e. The number of morpholine rings is 1. The van der Waals surface area contributed by atoms with E-state index in [1.165, 1.54) is 30.5 Å². The maximum absolute atomic E-state index is 5.45. The molecule has 0 saturated carbocycles. The molecule has 0 radical (unpaired) electrons. The molecule has 1 aromatic heterocycles. The number of benzene rings is 1. The molecule has 0 unspecified atom stereocenters. The summed E-state index contributed by atoms with van der Waals surface area (Å²) in [6, 6.07) is 8.86. The van der Waals surface area contributed by atoms with Gasteiger partial charge in [0.25, 0.3) is 0 Å². The molecular formula is C21H31N5O. The molecule has 2 fully saturated rings. The first kappa shape index (κ1) is 18.6. The highest BCUT2D eigenvalue weighted by molar-refractivity contribution is 5.22. The second-order valence-corrected chi connectivity index (χ2v) is 7.99. The fourth-order valence-corrected chi connectivity index (χ4v) is 4.31. The van der Waals surface area contributed by atoms with Crippen LogP contribution < -0.4 is 0 Å². The Morgan fingerprint density at radius 3 is 2.74 bits per heavy atom. The topological polar surface area (TPSA) is 46.4 Å². The minimum Gasteiger partial charge on any atom is -0.379 e. The van der Waals surface area contributed by atoms with Gasteiger partial charge in [0.05, 0.1) is 19.8 Å². The lowest BCUT2D eigenvalue weighted by Gasteiger charge is -2.32. The van der Waals surface area contributed by atoms with Crippen molar-refractivity contribution in [2.45, 2.75) is 38.8 Å². The maximum Gasteiger partial charge on any atom is 0.146 e. The Kier molecular flexibility index (Phi) is 5.86. The van der Waals surface area contributed by atoms with E-state index >= 15 is 0 Å². The number of rotatable bonds is 5. The molecule has 146 valence electrons. The van der Waals surface area contributed by atoms with Crippen LogP contribution >= 0.6 is 0 Å². The molecule has 2 saturated heterocycles. The van der Waals surface area contributed by atoms with Gasteiger partial charge in [-0.05, 0) is 31.9 Å². The summed E-state index contributed by atoms with van der Waals surface area (Å²) in [5.41, 5.74) is 2.74. The summed E-state index contributed by atoms with van der Waals surface area (Å²) in [6.45, 7) is 9.90. The zero-order valence-electron chi connectivity index (χ0n) is 16.6. The highest BCUT2D eigenvalue weighted by atomic mass is 16.5. The Labute approximate surface area is 162 Å². The standard InChI is InChI=1S/C21H31N5O/c1-17-5-3-6-18(13-17)14-26-8-4-7-19(15-26)21-23-22-20(24(21)2)16-25-9-11-27-12-10-25/h3,5-6,13,19H,4,7-12,14-16H2,1-2H3/t19-/m1/s1. The Bertz CT molecular complexity index is 753. The SMILES string of the molecule is Cc1cccc(CN2CCC[C@@H](c3nnc(CN4CCOCC4)n3C)C2)c1. The molecule has 2 aromatic rings. The van der Waals surface area contributed by atoms with Gasteiger partial charge in [0.15, 0.2) is 0 Å². The molecule has 0 N–H and O–H groups in total. The van der Waals surface area contributed by atoms with Crippen LogP contribution in [0, 0.1) is 6.92 Å². The molecule has 27 heavy (non-hydrogen) atoms. The van der Waals surface area contributed by atoms with Gasteiger partial charge in [-0.2, -0.15) is 0 Å². The van der Waals surface area contributed by atoms with Crippen molar-refractivity contribution >= 4 is 0 Å². The van der Waals surface area contributed by atoms with Crippen LogP contribution in [0.3, 0.4) is 0 Å². The summed E-state index contributed by atoms with van der Waals surface area (Å²) in [7, 11) is 2.13. The Balaban J connectivity index is 1.40. The molecule has 0 aliphatic carbocycles. The van der Waals surface area contributed by atoms with Gasteiger partial charge >= 0.3 is 0 Å². The van der Waals surface area contributed by atoms with Crippen molar-refractivity contribution in [2.24, 2.45) is 7.05 Å². The molecular weight excluding hydrogens is 338 g/mol. The van der Waals surface area contributed by atoms with E-state index in [1.54, 1.807) is 0 Å². The number of ether oxygens (including phenoxy) is 1. The van der Waals surface area contributed by atoms with Gasteiger partial charge < -0.3 is 9.30 Å². The molecule has 3 heterocycles. The number of aryl methyl sites for hydroxylation is 1. The molecule has 0 bridgehead atoms. The first-order valence-corrected chi connectivity index (χ1v) is 10.2. The van der Waals surface area contributed by atoms with E-state index in [9.17, 15) is 0 Å². The Morgan fingerprint density at radius 1 is 1.07 bits per heavy atom. The van der Waals surface area contributed by atoms with Gasteiger partial charge in [0.1, 0.15) is 11.6 Å². The number of nitrogens with zero attached hydrogens (tertiary/aromatic N) is 5. The van der Waals surface area contributed by atoms with E-state index in [4.69, 9.17) is 4.74 Å². The third kappa shape index (κ3) is 4.57. The Morgan fingerprint density at radius 2 is 1.93 bits per heavy atom. The highest BCUT2D eigenvalue weighted by Gasteiger charge is 2.26. The highest BCUT2D eigenvalue weighted by Crippen LogP contribution is 2.27. The summed E-state index contributed by atoms with van der Waals surface area (Å²) in [5.74, 6) is 2.69. The van der Waals surface area contributed by atoms with E-state index in [-0.39, 0.29) is 0 Å². The second-order valence-electron chi connectivity index (χ2n) is 7.99. The fourth-order valence-electron chi connectivity index (χ4n) is 4.31. The summed E-state index contributed by atoms with van der Waals surface area (Å²) in [5, 5.41) is 9.11. The van der Waals surface area contributed by atoms with Crippen LogP contribution in [-0.2, 0) is 24.9 Å². The van der Waals surface area contributed by atoms with E-state index < -0.39 is 0 Å². The van der Waals surface area contributed by atoms with Crippen LogP contribution in [0.1, 0.15) is 41.5 Å². The maximum atomic E-state index is 5.45. The number of piperidine rings is 1. The summed E-state index contributed by atoms with van der Waals surface area (Å²) in [6.07, 6.45) is 2.43. The lowest BCUT2D eigenvalue weighted by atomic mass is 9.96. The van der Waals surface area contributed by atoms with Crippen molar-refractivity contribution in [1.82, 2.24) is 24.6 Å². The van der Waals surface area contributed by atoms with Gasteiger partial charge in [0, 0.05) is 39.1 Å². The van der Waals surface area contributed by atoms with E-state index in [1.807, 2.05) is 0 Å². The molecule has 6 heteroatoms. The second kappa shape index (κ2) is 8.50. The first-order chi connectivity index (χ1) is 13.2. The van der Waals surface area contributed by atoms with Crippen molar-refractivity contribution in [1.29, 1.82) is 0 Å². The normalized spacial score (nSPS) is 22.2. The van der Waals surface area contributed by atoms with E-state index in [0.717, 1.165) is 57.6 Å². The van der Waals surface area contributed by atoms with Gasteiger partial charge in [-0.25, -0.2) is 0 Å². The average molecular weight is 370 g/mol. The van der Waals surface area contributed by atoms with Crippen molar-refractivity contribution in [3.05, 3.63) is 47.0 Å². The van der Waals surface area contributed by atoms with Crippen molar-refractivity contribution in [3.8, 4) is 0 Å². The monoisotopic (exact) mass is 369 g/mol. The molecule has 0 amide bonds. The average Bonchev–Trinajstić information content (AvgIpc) is 3.03. The molecule has 1 aromatic carbocycles. The Hall–Kier alpha value is -1.76. The lowest BCUT2D eigenvalue weighted by Crippen LogP contribution is -2.36. The minimum absolute atomic E-state index is 0.472. The van der Waals surface area contributed by atoms with Gasteiger partial charge in [0.2, 0.25) is 0 Å².